The number of aliphatic hydroxyl groups excluding tert-OH is 1. The second-order valence-corrected chi connectivity index (χ2v) is 7.09. The number of hydrogen-bond donors (Lipinski definition) is 3. The Kier molecular flexibility index (Phi) is 3.51. The average Bonchev–Trinajstić information content (AvgIpc) is 3.27. The molecule has 1 aliphatic rings. The highest BCUT2D eigenvalue weighted by molar-refractivity contribution is 5.86. The highest BCUT2D eigenvalue weighted by atomic mass is 16.5. The van der Waals surface area contributed by atoms with Gasteiger partial charge in [-0.15, -0.1) is 0 Å². The number of hydrogen-bond acceptors (Lipinski definition) is 7. The fourth-order valence-electron chi connectivity index (χ4n) is 3.64. The molecule has 3 aromatic heterocycles. The molecule has 1 saturated heterocycles. The fraction of sp³-hybridized carbons (Fsp3) is 0.500. The van der Waals surface area contributed by atoms with Crippen molar-refractivity contribution in [3.05, 3.63) is 24.3 Å². The van der Waals surface area contributed by atoms with Gasteiger partial charge in [0.25, 0.3) is 0 Å². The van der Waals surface area contributed by atoms with Gasteiger partial charge in [-0.3, -0.25) is 0 Å². The minimum absolute atomic E-state index is 0.0162. The van der Waals surface area contributed by atoms with Crippen molar-refractivity contribution in [2.45, 2.75) is 33.0 Å². The molecule has 1 aliphatic heterocycles. The van der Waals surface area contributed by atoms with Gasteiger partial charge >= 0.3 is 0 Å². The zero-order valence-corrected chi connectivity index (χ0v) is 14.3. The number of aromatic nitrogens is 6. The number of ether oxygens (including phenoxy) is 1. The number of H-pyrrole nitrogens is 1. The van der Waals surface area contributed by atoms with Crippen LogP contribution in [-0.4, -0.2) is 47.8 Å². The zero-order valence-electron chi connectivity index (χ0n) is 14.3. The first kappa shape index (κ1) is 16.0. The van der Waals surface area contributed by atoms with Crippen molar-refractivity contribution in [1.82, 2.24) is 30.0 Å². The van der Waals surface area contributed by atoms with E-state index in [4.69, 9.17) is 10.5 Å². The van der Waals surface area contributed by atoms with E-state index < -0.39 is 0 Å². The molecule has 4 N–H and O–H groups in total. The van der Waals surface area contributed by atoms with Crippen LogP contribution in [-0.2, 0) is 4.74 Å². The van der Waals surface area contributed by atoms with Crippen molar-refractivity contribution in [3.8, 4) is 11.3 Å². The van der Waals surface area contributed by atoms with Gasteiger partial charge in [-0.2, -0.15) is 20.5 Å². The summed E-state index contributed by atoms with van der Waals surface area (Å²) >= 11 is 0. The van der Waals surface area contributed by atoms with Crippen molar-refractivity contribution in [2.75, 3.05) is 12.3 Å². The van der Waals surface area contributed by atoms with Gasteiger partial charge in [0.05, 0.1) is 24.6 Å². The molecule has 0 radical (unpaired) electrons. The van der Waals surface area contributed by atoms with E-state index in [9.17, 15) is 5.11 Å². The van der Waals surface area contributed by atoms with Gasteiger partial charge in [0.1, 0.15) is 23.6 Å². The number of nitrogens with one attached hydrogen (secondary N) is 1. The van der Waals surface area contributed by atoms with Crippen LogP contribution < -0.4 is 5.73 Å². The molecular formula is C16H21N7O2. The van der Waals surface area contributed by atoms with E-state index >= 15 is 0 Å². The second-order valence-electron chi connectivity index (χ2n) is 7.09. The Bertz CT molecular complexity index is 903. The standard InChI is InChI=1S/C16H21N7O2/c1-8-12(6-24)25-14(16(8,2)3)11-4-9(10-5-19-22-21-10)13-15(17)18-7-20-23(11)13/h4-5,7-8,12,14,24H,6H2,1-3H3,(H2,17,18,20)(H,19,21,22)/t8-,12-,14+/m1/s1. The van der Waals surface area contributed by atoms with Crippen LogP contribution in [0.4, 0.5) is 5.82 Å². The van der Waals surface area contributed by atoms with E-state index in [0.717, 1.165) is 11.3 Å². The summed E-state index contributed by atoms with van der Waals surface area (Å²) in [5.41, 5.74) is 8.90. The molecule has 4 rings (SSSR count). The molecule has 4 heterocycles. The minimum Gasteiger partial charge on any atom is -0.394 e. The first-order valence-electron chi connectivity index (χ1n) is 8.19. The molecule has 0 spiro atoms. The lowest BCUT2D eigenvalue weighted by Crippen LogP contribution is -2.27. The van der Waals surface area contributed by atoms with Gasteiger partial charge < -0.3 is 15.6 Å². The van der Waals surface area contributed by atoms with Crippen LogP contribution in [0.1, 0.15) is 32.6 Å². The number of nitrogen functional groups attached to an aromatic ring is 1. The summed E-state index contributed by atoms with van der Waals surface area (Å²) in [6.07, 6.45) is 2.58. The summed E-state index contributed by atoms with van der Waals surface area (Å²) in [7, 11) is 0. The Morgan fingerprint density at radius 3 is 2.88 bits per heavy atom. The average molecular weight is 343 g/mol. The maximum Gasteiger partial charge on any atom is 0.152 e. The van der Waals surface area contributed by atoms with Crippen molar-refractivity contribution >= 4 is 11.3 Å². The quantitative estimate of drug-likeness (QED) is 0.652. The highest BCUT2D eigenvalue weighted by Gasteiger charge is 2.49. The molecule has 1 fully saturated rings. The van der Waals surface area contributed by atoms with Gasteiger partial charge in [-0.05, 0) is 12.0 Å². The van der Waals surface area contributed by atoms with Gasteiger partial charge in [0.2, 0.25) is 0 Å². The maximum absolute atomic E-state index is 9.65. The minimum atomic E-state index is -0.248. The maximum atomic E-state index is 9.65. The summed E-state index contributed by atoms with van der Waals surface area (Å²) in [4.78, 5) is 4.11. The molecule has 9 heteroatoms. The van der Waals surface area contributed by atoms with Crippen molar-refractivity contribution < 1.29 is 9.84 Å². The molecule has 0 saturated carbocycles. The number of nitrogens with two attached hydrogens (primary N) is 1. The predicted molar refractivity (Wildman–Crippen MR) is 90.4 cm³/mol. The molecule has 0 amide bonds. The first-order chi connectivity index (χ1) is 11.9. The van der Waals surface area contributed by atoms with Crippen molar-refractivity contribution in [1.29, 1.82) is 0 Å². The largest absolute Gasteiger partial charge is 0.394 e. The topological polar surface area (TPSA) is 127 Å². The Hall–Kier alpha value is -2.52. The smallest absolute Gasteiger partial charge is 0.152 e. The van der Waals surface area contributed by atoms with E-state index in [2.05, 4.69) is 46.3 Å². The molecular weight excluding hydrogens is 322 g/mol. The molecule has 3 atom stereocenters. The summed E-state index contributed by atoms with van der Waals surface area (Å²) in [6.45, 7) is 6.35. The SMILES string of the molecule is C[C@@H]1[C@@H](CO)O[C@@H](c2cc(-c3cn[nH]n3)c3c(N)ncnn23)C1(C)C. The Balaban J connectivity index is 1.93. The van der Waals surface area contributed by atoms with E-state index in [1.165, 1.54) is 6.33 Å². The van der Waals surface area contributed by atoms with Crippen LogP contribution >= 0.6 is 0 Å². The normalized spacial score (nSPS) is 25.7. The molecule has 0 aliphatic carbocycles. The number of nitrogens with zero attached hydrogens (tertiary/aromatic N) is 5. The lowest BCUT2D eigenvalue weighted by molar-refractivity contribution is -0.0116. The third-order valence-corrected chi connectivity index (χ3v) is 5.47. The predicted octanol–water partition coefficient (Wildman–Crippen LogP) is 1.19. The number of fused-ring (bicyclic) bond motifs is 1. The molecule has 9 nitrogen and oxygen atoms in total. The molecule has 0 bridgehead atoms. The Morgan fingerprint density at radius 1 is 1.44 bits per heavy atom. The lowest BCUT2D eigenvalue weighted by atomic mass is 9.75. The van der Waals surface area contributed by atoms with E-state index in [1.807, 2.05) is 6.07 Å². The third-order valence-electron chi connectivity index (χ3n) is 5.47. The molecule has 25 heavy (non-hydrogen) atoms. The summed E-state index contributed by atoms with van der Waals surface area (Å²) < 4.78 is 7.94. The number of anilines is 1. The van der Waals surface area contributed by atoms with Crippen LogP contribution in [0.5, 0.6) is 0 Å². The zero-order chi connectivity index (χ0) is 17.8. The summed E-state index contributed by atoms with van der Waals surface area (Å²) in [5.74, 6) is 0.546. The van der Waals surface area contributed by atoms with Crippen LogP contribution in [0.25, 0.3) is 16.8 Å². The monoisotopic (exact) mass is 343 g/mol. The number of rotatable bonds is 3. The molecule has 0 aromatic carbocycles. The van der Waals surface area contributed by atoms with E-state index in [0.29, 0.717) is 17.0 Å². The molecule has 0 unspecified atom stereocenters. The highest BCUT2D eigenvalue weighted by Crippen LogP contribution is 2.52. The van der Waals surface area contributed by atoms with Gasteiger partial charge in [-0.1, -0.05) is 20.8 Å². The van der Waals surface area contributed by atoms with Gasteiger partial charge in [0, 0.05) is 11.0 Å². The van der Waals surface area contributed by atoms with Gasteiger partial charge in [-0.25, -0.2) is 9.50 Å². The van der Waals surface area contributed by atoms with E-state index in [1.54, 1.807) is 10.7 Å². The van der Waals surface area contributed by atoms with Crippen LogP contribution in [0, 0.1) is 11.3 Å². The Labute approximate surface area is 144 Å². The second kappa shape index (κ2) is 5.50. The Morgan fingerprint density at radius 2 is 2.24 bits per heavy atom. The van der Waals surface area contributed by atoms with Crippen molar-refractivity contribution in [2.24, 2.45) is 11.3 Å². The first-order valence-corrected chi connectivity index (χ1v) is 8.19. The third kappa shape index (κ3) is 2.23. The summed E-state index contributed by atoms with van der Waals surface area (Å²) in [6, 6.07) is 1.97. The number of aromatic amines is 1. The molecule has 132 valence electrons. The van der Waals surface area contributed by atoms with Crippen molar-refractivity contribution in [3.63, 3.8) is 0 Å². The summed E-state index contributed by atoms with van der Waals surface area (Å²) in [5, 5.41) is 24.7. The fourth-order valence-corrected chi connectivity index (χ4v) is 3.64. The van der Waals surface area contributed by atoms with Crippen LogP contribution in [0.3, 0.4) is 0 Å². The lowest BCUT2D eigenvalue weighted by Gasteiger charge is -2.28. The van der Waals surface area contributed by atoms with Crippen LogP contribution in [0.15, 0.2) is 18.6 Å². The van der Waals surface area contributed by atoms with Gasteiger partial charge in [0.15, 0.2) is 5.82 Å². The van der Waals surface area contributed by atoms with E-state index in [-0.39, 0.29) is 30.1 Å². The molecule has 3 aromatic rings. The number of aliphatic hydroxyl groups is 1. The van der Waals surface area contributed by atoms with Crippen LogP contribution in [0.2, 0.25) is 0 Å².